The van der Waals surface area contributed by atoms with Crippen molar-refractivity contribution in [2.24, 2.45) is 0 Å². The number of nitrogens with one attached hydrogen (secondary N) is 1. The van der Waals surface area contributed by atoms with E-state index in [1.165, 1.54) is 18.2 Å². The number of ether oxygens (including phenoxy) is 1. The molecule has 6 nitrogen and oxygen atoms in total. The fourth-order valence-electron chi connectivity index (χ4n) is 3.47. The zero-order valence-electron chi connectivity index (χ0n) is 20.7. The molecule has 192 valence electrons. The summed E-state index contributed by atoms with van der Waals surface area (Å²) in [4.78, 5) is 8.32. The van der Waals surface area contributed by atoms with Gasteiger partial charge in [-0.05, 0) is 56.2 Å². The van der Waals surface area contributed by atoms with Crippen molar-refractivity contribution in [3.8, 4) is 17.0 Å². The molecule has 0 radical (unpaired) electrons. The normalized spacial score (nSPS) is 11.8. The molecule has 4 aromatic rings. The van der Waals surface area contributed by atoms with Crippen LogP contribution in [0.15, 0.2) is 79.0 Å². The van der Waals surface area contributed by atoms with Gasteiger partial charge in [-0.25, -0.2) is 27.2 Å². The van der Waals surface area contributed by atoms with E-state index >= 15 is 0 Å². The fraction of sp³-hybridized carbons (Fsp3) is 0.214. The Kier molecular flexibility index (Phi) is 7.54. The molecule has 9 heteroatoms. The molecule has 0 amide bonds. The van der Waals surface area contributed by atoms with Crippen LogP contribution < -0.4 is 10.1 Å². The Balaban J connectivity index is 1.60. The highest BCUT2D eigenvalue weighted by Crippen LogP contribution is 2.33. The first-order valence-corrected chi connectivity index (χ1v) is 13.2. The number of aromatic nitrogens is 2. The molecule has 0 bridgehead atoms. The van der Waals surface area contributed by atoms with Gasteiger partial charge in [-0.1, -0.05) is 42.5 Å². The second kappa shape index (κ2) is 10.6. The molecule has 0 aliphatic carbocycles. The molecule has 1 heterocycles. The lowest BCUT2D eigenvalue weighted by Gasteiger charge is -2.19. The minimum Gasteiger partial charge on any atom is -0.488 e. The zero-order valence-corrected chi connectivity index (χ0v) is 21.5. The quantitative estimate of drug-likeness (QED) is 0.286. The van der Waals surface area contributed by atoms with Crippen LogP contribution >= 0.6 is 0 Å². The van der Waals surface area contributed by atoms with Gasteiger partial charge in [0.2, 0.25) is 5.95 Å². The summed E-state index contributed by atoms with van der Waals surface area (Å²) >= 11 is 0. The maximum Gasteiger partial charge on any atom is 0.227 e. The van der Waals surface area contributed by atoms with Gasteiger partial charge >= 0.3 is 0 Å². The number of nitrogens with zero attached hydrogens (tertiary/aromatic N) is 2. The summed E-state index contributed by atoms with van der Waals surface area (Å²) in [5.41, 5.74) is 2.21. The molecule has 0 aliphatic heterocycles. The number of halogens is 2. The molecular weight excluding hydrogens is 496 g/mol. The molecule has 0 saturated heterocycles. The average molecular weight is 524 g/mol. The van der Waals surface area contributed by atoms with Gasteiger partial charge in [0.1, 0.15) is 23.9 Å². The lowest BCUT2D eigenvalue weighted by atomic mass is 10.1. The Hall–Kier alpha value is -3.85. The van der Waals surface area contributed by atoms with Crippen molar-refractivity contribution in [3.63, 3.8) is 0 Å². The Bertz CT molecular complexity index is 1510. The Labute approximate surface area is 215 Å². The van der Waals surface area contributed by atoms with Crippen LogP contribution in [0.1, 0.15) is 31.9 Å². The second-order valence-corrected chi connectivity index (χ2v) is 12.2. The van der Waals surface area contributed by atoms with E-state index in [0.717, 1.165) is 11.8 Å². The number of hydrogen-bond acceptors (Lipinski definition) is 6. The molecule has 0 unspecified atom stereocenters. The molecule has 1 aromatic heterocycles. The smallest absolute Gasteiger partial charge is 0.227 e. The second-order valence-electron chi connectivity index (χ2n) is 9.50. The van der Waals surface area contributed by atoms with Crippen molar-refractivity contribution in [3.05, 3.63) is 102 Å². The van der Waals surface area contributed by atoms with Crippen molar-refractivity contribution < 1.29 is 21.9 Å². The number of sulfone groups is 1. The summed E-state index contributed by atoms with van der Waals surface area (Å²) < 4.78 is 59.0. The van der Waals surface area contributed by atoms with Crippen LogP contribution in [0.5, 0.6) is 5.75 Å². The van der Waals surface area contributed by atoms with Crippen LogP contribution in [0.4, 0.5) is 20.4 Å². The van der Waals surface area contributed by atoms with Crippen molar-refractivity contribution in [2.75, 3.05) is 5.32 Å². The molecule has 0 spiro atoms. The van der Waals surface area contributed by atoms with Crippen LogP contribution in [0.3, 0.4) is 0 Å². The first kappa shape index (κ1) is 26.2. The fourth-order valence-corrected chi connectivity index (χ4v) is 4.52. The van der Waals surface area contributed by atoms with Crippen molar-refractivity contribution >= 4 is 21.5 Å². The summed E-state index contributed by atoms with van der Waals surface area (Å²) in [5.74, 6) is -1.13. The summed E-state index contributed by atoms with van der Waals surface area (Å²) in [6.07, 6.45) is 1.02. The third-order valence-electron chi connectivity index (χ3n) is 5.65. The number of rotatable bonds is 8. The average Bonchev–Trinajstić information content (AvgIpc) is 2.84. The topological polar surface area (TPSA) is 81.2 Å². The highest BCUT2D eigenvalue weighted by atomic mass is 32.2. The lowest BCUT2D eigenvalue weighted by Crippen LogP contribution is -2.29. The number of hydrogen-bond donors (Lipinski definition) is 1. The third kappa shape index (κ3) is 6.48. The molecule has 0 saturated carbocycles. The van der Waals surface area contributed by atoms with Crippen LogP contribution in [-0.4, -0.2) is 23.1 Å². The molecular formula is C28H27F2N3O3S. The largest absolute Gasteiger partial charge is 0.488 e. The van der Waals surface area contributed by atoms with E-state index in [-0.39, 0.29) is 35.3 Å². The zero-order chi connectivity index (χ0) is 26.6. The van der Waals surface area contributed by atoms with Gasteiger partial charge in [-0.2, -0.15) is 0 Å². The molecule has 0 aliphatic rings. The van der Waals surface area contributed by atoms with Gasteiger partial charge in [0, 0.05) is 17.3 Å². The molecule has 37 heavy (non-hydrogen) atoms. The summed E-state index contributed by atoms with van der Waals surface area (Å²) in [7, 11) is -3.38. The van der Waals surface area contributed by atoms with Crippen molar-refractivity contribution in [1.29, 1.82) is 0 Å². The van der Waals surface area contributed by atoms with E-state index in [4.69, 9.17) is 4.74 Å². The SMILES string of the molecule is CC(C)(C)S(=O)(=O)Cc1cccc(Nc2ncc(F)c(-c3ccc(F)cc3OCc3ccccc3)n2)c1. The monoisotopic (exact) mass is 523 g/mol. The van der Waals surface area contributed by atoms with Gasteiger partial charge in [-0.3, -0.25) is 0 Å². The standard InChI is InChI=1S/C28H27F2N3O3S/c1-28(2,3)37(34,35)18-20-10-7-11-22(14-20)32-27-31-16-24(30)26(33-27)23-13-12-21(29)15-25(23)36-17-19-8-5-4-6-9-19/h4-16H,17-18H2,1-3H3,(H,31,32,33). The van der Waals surface area contributed by atoms with Crippen molar-refractivity contribution in [1.82, 2.24) is 9.97 Å². The van der Waals surface area contributed by atoms with Crippen molar-refractivity contribution in [2.45, 2.75) is 37.9 Å². The van der Waals surface area contributed by atoms with Crippen LogP contribution in [-0.2, 0) is 22.2 Å². The molecule has 0 fully saturated rings. The van der Waals surface area contributed by atoms with Crippen LogP contribution in [0, 0.1) is 11.6 Å². The lowest BCUT2D eigenvalue weighted by molar-refractivity contribution is 0.305. The van der Waals surface area contributed by atoms with Gasteiger partial charge < -0.3 is 10.1 Å². The Morgan fingerprint density at radius 3 is 2.38 bits per heavy atom. The van der Waals surface area contributed by atoms with E-state index in [2.05, 4.69) is 15.3 Å². The van der Waals surface area contributed by atoms with Crippen LogP contribution in [0.2, 0.25) is 0 Å². The molecule has 1 N–H and O–H groups in total. The Morgan fingerprint density at radius 1 is 0.919 bits per heavy atom. The van der Waals surface area contributed by atoms with Gasteiger partial charge in [0.05, 0.1) is 16.7 Å². The highest BCUT2D eigenvalue weighted by Gasteiger charge is 2.29. The molecule has 4 rings (SSSR count). The predicted molar refractivity (Wildman–Crippen MR) is 140 cm³/mol. The van der Waals surface area contributed by atoms with E-state index in [9.17, 15) is 17.2 Å². The maximum atomic E-state index is 14.8. The number of anilines is 2. The van der Waals surface area contributed by atoms with Gasteiger partial charge in [0.25, 0.3) is 0 Å². The molecule has 3 aromatic carbocycles. The van der Waals surface area contributed by atoms with E-state index in [0.29, 0.717) is 11.3 Å². The third-order valence-corrected chi connectivity index (χ3v) is 8.23. The Morgan fingerprint density at radius 2 is 1.65 bits per heavy atom. The van der Waals surface area contributed by atoms with Gasteiger partial charge in [0.15, 0.2) is 15.7 Å². The minimum atomic E-state index is -3.38. The van der Waals surface area contributed by atoms with Crippen LogP contribution in [0.25, 0.3) is 11.3 Å². The summed E-state index contributed by atoms with van der Waals surface area (Å²) in [6.45, 7) is 5.14. The molecule has 0 atom stereocenters. The maximum absolute atomic E-state index is 14.8. The highest BCUT2D eigenvalue weighted by molar-refractivity contribution is 7.91. The number of benzene rings is 3. The van der Waals surface area contributed by atoms with Gasteiger partial charge in [-0.15, -0.1) is 0 Å². The first-order valence-electron chi connectivity index (χ1n) is 11.6. The van der Waals surface area contributed by atoms with E-state index in [1.807, 2.05) is 30.3 Å². The first-order chi connectivity index (χ1) is 17.5. The van der Waals surface area contributed by atoms with E-state index in [1.54, 1.807) is 45.0 Å². The summed E-state index contributed by atoms with van der Waals surface area (Å²) in [6, 6.07) is 20.0. The van der Waals surface area contributed by atoms with E-state index < -0.39 is 26.2 Å². The predicted octanol–water partition coefficient (Wildman–Crippen LogP) is 6.46. The summed E-state index contributed by atoms with van der Waals surface area (Å²) in [5, 5.41) is 3.00. The minimum absolute atomic E-state index is 0.0629.